The first-order valence-electron chi connectivity index (χ1n) is 8.56. The van der Waals surface area contributed by atoms with Crippen molar-refractivity contribution in [1.29, 1.82) is 0 Å². The number of imidazole rings is 1. The van der Waals surface area contributed by atoms with E-state index in [4.69, 9.17) is 16.0 Å². The Balaban J connectivity index is 1.59. The number of rotatable bonds is 3. The average molecular weight is 423 g/mol. The second kappa shape index (κ2) is 6.58. The molecule has 0 saturated carbocycles. The van der Waals surface area contributed by atoms with Gasteiger partial charge >= 0.3 is 5.97 Å². The lowest BCUT2D eigenvalue weighted by Gasteiger charge is -2.01. The zero-order chi connectivity index (χ0) is 20.1. The molecule has 0 saturated heterocycles. The number of hydrogen-bond donors (Lipinski definition) is 1. The van der Waals surface area contributed by atoms with Crippen molar-refractivity contribution in [2.45, 2.75) is 0 Å². The van der Waals surface area contributed by atoms with E-state index in [0.717, 1.165) is 11.0 Å². The molecule has 3 aromatic heterocycles. The third-order valence-electron chi connectivity index (χ3n) is 4.53. The SMILES string of the molecule is O=C(O)c1cc(-c2ccc(C=c3sc4nc5ccccc5n4c3=O)o2)ccc1Cl. The van der Waals surface area contributed by atoms with Crippen LogP contribution < -0.4 is 10.1 Å². The molecule has 0 spiro atoms. The Bertz CT molecular complexity index is 1530. The largest absolute Gasteiger partial charge is 0.478 e. The van der Waals surface area contributed by atoms with Crippen LogP contribution in [0.1, 0.15) is 16.1 Å². The molecule has 0 aliphatic heterocycles. The minimum absolute atomic E-state index is 0.000649. The molecule has 6 nitrogen and oxygen atoms in total. The van der Waals surface area contributed by atoms with E-state index in [1.807, 2.05) is 24.3 Å². The summed E-state index contributed by atoms with van der Waals surface area (Å²) in [6.07, 6.45) is 1.66. The molecule has 5 aromatic rings. The Morgan fingerprint density at radius 3 is 2.83 bits per heavy atom. The summed E-state index contributed by atoms with van der Waals surface area (Å²) in [4.78, 5) is 29.2. The molecule has 0 fully saturated rings. The van der Waals surface area contributed by atoms with E-state index < -0.39 is 5.97 Å². The van der Waals surface area contributed by atoms with Gasteiger partial charge in [-0.3, -0.25) is 4.79 Å². The zero-order valence-corrected chi connectivity index (χ0v) is 16.2. The topological polar surface area (TPSA) is 84.8 Å². The summed E-state index contributed by atoms with van der Waals surface area (Å²) in [5.74, 6) is -0.146. The Morgan fingerprint density at radius 1 is 1.17 bits per heavy atom. The second-order valence-corrected chi connectivity index (χ2v) is 7.75. The second-order valence-electron chi connectivity index (χ2n) is 6.34. The van der Waals surface area contributed by atoms with Crippen molar-refractivity contribution in [2.75, 3.05) is 0 Å². The predicted octanol–water partition coefficient (Wildman–Crippen LogP) is 4.07. The number of fused-ring (bicyclic) bond motifs is 3. The normalized spacial score (nSPS) is 12.2. The minimum Gasteiger partial charge on any atom is -0.478 e. The zero-order valence-electron chi connectivity index (χ0n) is 14.6. The first-order chi connectivity index (χ1) is 14.0. The van der Waals surface area contributed by atoms with Gasteiger partial charge < -0.3 is 9.52 Å². The molecule has 0 radical (unpaired) electrons. The van der Waals surface area contributed by atoms with E-state index in [2.05, 4.69) is 4.98 Å². The van der Waals surface area contributed by atoms with Gasteiger partial charge in [0.2, 0.25) is 0 Å². The number of halogens is 1. The van der Waals surface area contributed by atoms with Crippen LogP contribution in [0.15, 0.2) is 63.8 Å². The fourth-order valence-corrected chi connectivity index (χ4v) is 4.33. The molecule has 29 heavy (non-hydrogen) atoms. The maximum Gasteiger partial charge on any atom is 0.337 e. The van der Waals surface area contributed by atoms with Crippen LogP contribution in [0.4, 0.5) is 0 Å². The quantitative estimate of drug-likeness (QED) is 0.473. The number of carbonyl (C=O) groups is 1. The molecular formula is C21H11ClN2O4S. The number of thiazole rings is 1. The number of para-hydroxylation sites is 2. The van der Waals surface area contributed by atoms with E-state index in [0.29, 0.717) is 26.6 Å². The molecule has 0 atom stereocenters. The monoisotopic (exact) mass is 422 g/mol. The molecular weight excluding hydrogens is 412 g/mol. The fourth-order valence-electron chi connectivity index (χ4n) is 3.17. The van der Waals surface area contributed by atoms with Gasteiger partial charge in [-0.05, 0) is 42.5 Å². The van der Waals surface area contributed by atoms with Crippen LogP contribution in [0.2, 0.25) is 5.02 Å². The van der Waals surface area contributed by atoms with Crippen LogP contribution in [0.5, 0.6) is 0 Å². The molecule has 0 unspecified atom stereocenters. The van der Waals surface area contributed by atoms with E-state index in [-0.39, 0.29) is 16.1 Å². The highest BCUT2D eigenvalue weighted by atomic mass is 35.5. The highest BCUT2D eigenvalue weighted by Gasteiger charge is 2.13. The molecule has 0 aliphatic rings. The van der Waals surface area contributed by atoms with E-state index >= 15 is 0 Å². The number of carboxylic acid groups (broad SMARTS) is 1. The Morgan fingerprint density at radius 2 is 2.00 bits per heavy atom. The third-order valence-corrected chi connectivity index (χ3v) is 5.82. The van der Waals surface area contributed by atoms with Crippen molar-refractivity contribution < 1.29 is 14.3 Å². The average Bonchev–Trinajstić information content (AvgIpc) is 3.38. The van der Waals surface area contributed by atoms with Gasteiger partial charge in [0.15, 0.2) is 4.96 Å². The lowest BCUT2D eigenvalue weighted by molar-refractivity contribution is 0.0697. The molecule has 1 N–H and O–H groups in total. The van der Waals surface area contributed by atoms with Gasteiger partial charge in [-0.2, -0.15) is 0 Å². The number of nitrogens with zero attached hydrogens (tertiary/aromatic N) is 2. The lowest BCUT2D eigenvalue weighted by Crippen LogP contribution is -2.22. The van der Waals surface area contributed by atoms with Crippen molar-refractivity contribution in [3.05, 3.63) is 85.8 Å². The van der Waals surface area contributed by atoms with Crippen molar-refractivity contribution in [3.63, 3.8) is 0 Å². The first kappa shape index (κ1) is 17.7. The minimum atomic E-state index is -1.11. The van der Waals surface area contributed by atoms with Crippen LogP contribution in [0.25, 0.3) is 33.4 Å². The molecule has 0 bridgehead atoms. The lowest BCUT2D eigenvalue weighted by atomic mass is 10.1. The van der Waals surface area contributed by atoms with Gasteiger partial charge in [0.25, 0.3) is 5.56 Å². The van der Waals surface area contributed by atoms with Crippen molar-refractivity contribution in [3.8, 4) is 11.3 Å². The molecule has 3 heterocycles. The van der Waals surface area contributed by atoms with Gasteiger partial charge in [0.1, 0.15) is 16.1 Å². The van der Waals surface area contributed by atoms with Crippen LogP contribution >= 0.6 is 22.9 Å². The summed E-state index contributed by atoms with van der Waals surface area (Å²) in [5.41, 5.74) is 1.97. The molecule has 142 valence electrons. The standard InChI is InChI=1S/C21H11ClN2O4S/c22-14-7-5-11(9-13(14)20(26)27)17-8-6-12(28-17)10-18-19(25)24-16-4-2-1-3-15(16)23-21(24)29-18/h1-10H,(H,26,27). The van der Waals surface area contributed by atoms with Gasteiger partial charge in [0, 0.05) is 11.6 Å². The number of aromatic nitrogens is 2. The van der Waals surface area contributed by atoms with Crippen LogP contribution in [-0.4, -0.2) is 20.5 Å². The summed E-state index contributed by atoms with van der Waals surface area (Å²) < 4.78 is 7.90. The van der Waals surface area contributed by atoms with E-state index in [1.165, 1.54) is 23.5 Å². The number of furan rings is 1. The number of benzene rings is 2. The Labute approximate surface area is 171 Å². The Kier molecular flexibility index (Phi) is 4.01. The summed E-state index contributed by atoms with van der Waals surface area (Å²) in [5, 5.41) is 9.39. The maximum atomic E-state index is 12.8. The molecule has 0 amide bonds. The van der Waals surface area contributed by atoms with E-state index in [9.17, 15) is 14.7 Å². The molecule has 5 rings (SSSR count). The predicted molar refractivity (Wildman–Crippen MR) is 112 cm³/mol. The number of aromatic carboxylic acids is 1. The van der Waals surface area contributed by atoms with Crippen molar-refractivity contribution in [1.82, 2.24) is 9.38 Å². The molecule has 2 aromatic carbocycles. The van der Waals surface area contributed by atoms with Gasteiger partial charge in [-0.25, -0.2) is 14.2 Å². The summed E-state index contributed by atoms with van der Waals surface area (Å²) in [6, 6.07) is 15.6. The summed E-state index contributed by atoms with van der Waals surface area (Å²) in [7, 11) is 0. The first-order valence-corrected chi connectivity index (χ1v) is 9.75. The summed E-state index contributed by atoms with van der Waals surface area (Å²) >= 11 is 7.21. The van der Waals surface area contributed by atoms with Gasteiger partial charge in [-0.1, -0.05) is 35.1 Å². The smallest absolute Gasteiger partial charge is 0.337 e. The van der Waals surface area contributed by atoms with Crippen molar-refractivity contribution in [2.24, 2.45) is 0 Å². The molecule has 8 heteroatoms. The Hall–Kier alpha value is -3.42. The highest BCUT2D eigenvalue weighted by molar-refractivity contribution is 7.15. The van der Waals surface area contributed by atoms with Crippen LogP contribution in [0.3, 0.4) is 0 Å². The maximum absolute atomic E-state index is 12.8. The summed E-state index contributed by atoms with van der Waals surface area (Å²) in [6.45, 7) is 0. The van der Waals surface area contributed by atoms with Crippen LogP contribution in [-0.2, 0) is 0 Å². The number of hydrogen-bond acceptors (Lipinski definition) is 5. The van der Waals surface area contributed by atoms with Crippen LogP contribution in [0, 0.1) is 0 Å². The fraction of sp³-hybridized carbons (Fsp3) is 0. The van der Waals surface area contributed by atoms with Gasteiger partial charge in [0.05, 0.1) is 21.6 Å². The molecule has 0 aliphatic carbocycles. The number of carboxylic acids is 1. The van der Waals surface area contributed by atoms with Crippen molar-refractivity contribution >= 4 is 51.0 Å². The highest BCUT2D eigenvalue weighted by Crippen LogP contribution is 2.27. The van der Waals surface area contributed by atoms with E-state index in [1.54, 1.807) is 28.7 Å². The van der Waals surface area contributed by atoms with Gasteiger partial charge in [-0.15, -0.1) is 0 Å². The third kappa shape index (κ3) is 2.91.